The van der Waals surface area contributed by atoms with Crippen molar-refractivity contribution in [3.05, 3.63) is 28.8 Å². The van der Waals surface area contributed by atoms with Crippen molar-refractivity contribution in [2.24, 2.45) is 0 Å². The van der Waals surface area contributed by atoms with Crippen molar-refractivity contribution < 1.29 is 14.6 Å². The molecule has 1 amide bonds. The summed E-state index contributed by atoms with van der Waals surface area (Å²) in [5, 5.41) is 11.6. The first-order valence-electron chi connectivity index (χ1n) is 6.05. The fourth-order valence-electron chi connectivity index (χ4n) is 1.84. The van der Waals surface area contributed by atoms with Gasteiger partial charge in [0.05, 0.1) is 6.10 Å². The zero-order valence-electron chi connectivity index (χ0n) is 11.4. The molecule has 4 heteroatoms. The fourth-order valence-corrected chi connectivity index (χ4v) is 1.84. The molecule has 0 fully saturated rings. The minimum absolute atomic E-state index is 0.0303. The number of hydrogen-bond donors (Lipinski definition) is 2. The number of carbonyl (C=O) groups is 1. The van der Waals surface area contributed by atoms with Gasteiger partial charge in [-0.15, -0.1) is 0 Å². The van der Waals surface area contributed by atoms with Gasteiger partial charge in [-0.05, 0) is 38.8 Å². The van der Waals surface area contributed by atoms with E-state index in [1.807, 2.05) is 32.9 Å². The molecule has 0 bridgehead atoms. The maximum atomic E-state index is 11.5. The number of hydrogen-bond acceptors (Lipinski definition) is 3. The molecule has 1 unspecified atom stereocenters. The lowest BCUT2D eigenvalue weighted by Gasteiger charge is -2.13. The summed E-state index contributed by atoms with van der Waals surface area (Å²) < 4.78 is 5.52. The van der Waals surface area contributed by atoms with Crippen molar-refractivity contribution in [3.63, 3.8) is 0 Å². The lowest BCUT2D eigenvalue weighted by atomic mass is 10.1. The molecule has 4 nitrogen and oxygen atoms in total. The zero-order chi connectivity index (χ0) is 13.7. The third kappa shape index (κ3) is 4.37. The maximum absolute atomic E-state index is 11.5. The Bertz CT molecular complexity index is 404. The summed E-state index contributed by atoms with van der Waals surface area (Å²) in [6, 6.07) is 4.05. The highest BCUT2D eigenvalue weighted by Crippen LogP contribution is 2.24. The Balaban J connectivity index is 2.56. The second-order valence-electron chi connectivity index (χ2n) is 4.67. The standard InChI is InChI=1S/C14H21NO3/c1-9-5-10(2)14(11(3)6-9)18-8-13(17)15-7-12(4)16/h5-6,12,16H,7-8H2,1-4H3,(H,15,17). The smallest absolute Gasteiger partial charge is 0.258 e. The van der Waals surface area contributed by atoms with Crippen LogP contribution in [-0.4, -0.2) is 30.3 Å². The summed E-state index contributed by atoms with van der Waals surface area (Å²) in [6.07, 6.45) is -0.545. The van der Waals surface area contributed by atoms with E-state index in [0.717, 1.165) is 16.9 Å². The number of benzene rings is 1. The second kappa shape index (κ2) is 6.40. The number of aliphatic hydroxyl groups is 1. The molecular formula is C14H21NO3. The SMILES string of the molecule is Cc1cc(C)c(OCC(=O)NCC(C)O)c(C)c1. The number of amides is 1. The molecule has 1 aromatic rings. The van der Waals surface area contributed by atoms with Crippen molar-refractivity contribution >= 4 is 5.91 Å². The van der Waals surface area contributed by atoms with E-state index in [9.17, 15) is 4.79 Å². The molecule has 0 aliphatic carbocycles. The van der Waals surface area contributed by atoms with Gasteiger partial charge in [0.15, 0.2) is 6.61 Å². The molecule has 1 atom stereocenters. The van der Waals surface area contributed by atoms with Gasteiger partial charge in [0, 0.05) is 6.54 Å². The van der Waals surface area contributed by atoms with Crippen molar-refractivity contribution in [2.45, 2.75) is 33.8 Å². The van der Waals surface area contributed by atoms with Gasteiger partial charge in [0.1, 0.15) is 5.75 Å². The highest BCUT2D eigenvalue weighted by molar-refractivity contribution is 5.77. The maximum Gasteiger partial charge on any atom is 0.258 e. The molecule has 0 spiro atoms. The number of aliphatic hydroxyl groups excluding tert-OH is 1. The van der Waals surface area contributed by atoms with Crippen molar-refractivity contribution in [2.75, 3.05) is 13.2 Å². The number of nitrogens with one attached hydrogen (secondary N) is 1. The summed E-state index contributed by atoms with van der Waals surface area (Å²) >= 11 is 0. The van der Waals surface area contributed by atoms with E-state index in [4.69, 9.17) is 9.84 Å². The third-order valence-electron chi connectivity index (χ3n) is 2.55. The monoisotopic (exact) mass is 251 g/mol. The number of aryl methyl sites for hydroxylation is 3. The predicted octanol–water partition coefficient (Wildman–Crippen LogP) is 1.49. The van der Waals surface area contributed by atoms with Crippen molar-refractivity contribution in [1.82, 2.24) is 5.32 Å². The summed E-state index contributed by atoms with van der Waals surface area (Å²) in [6.45, 7) is 7.78. The van der Waals surface area contributed by atoms with Crippen LogP contribution in [0.1, 0.15) is 23.6 Å². The van der Waals surface area contributed by atoms with E-state index in [1.165, 1.54) is 5.56 Å². The van der Waals surface area contributed by atoms with Gasteiger partial charge in [0.2, 0.25) is 0 Å². The third-order valence-corrected chi connectivity index (χ3v) is 2.55. The van der Waals surface area contributed by atoms with Crippen molar-refractivity contribution in [1.29, 1.82) is 0 Å². The van der Waals surface area contributed by atoms with Gasteiger partial charge >= 0.3 is 0 Å². The number of ether oxygens (including phenoxy) is 1. The molecule has 100 valence electrons. The fraction of sp³-hybridized carbons (Fsp3) is 0.500. The van der Waals surface area contributed by atoms with Crippen LogP contribution in [0.4, 0.5) is 0 Å². The van der Waals surface area contributed by atoms with Crippen LogP contribution in [0.25, 0.3) is 0 Å². The van der Waals surface area contributed by atoms with Crippen LogP contribution in [0, 0.1) is 20.8 Å². The summed E-state index contributed by atoms with van der Waals surface area (Å²) in [7, 11) is 0. The molecule has 2 N–H and O–H groups in total. The van der Waals surface area contributed by atoms with Crippen LogP contribution >= 0.6 is 0 Å². The Morgan fingerprint density at radius 1 is 1.33 bits per heavy atom. The van der Waals surface area contributed by atoms with Crippen molar-refractivity contribution in [3.8, 4) is 5.75 Å². The largest absolute Gasteiger partial charge is 0.483 e. The van der Waals surface area contributed by atoms with Gasteiger partial charge in [0.25, 0.3) is 5.91 Å². The summed E-state index contributed by atoms with van der Waals surface area (Å²) in [4.78, 5) is 11.5. The van der Waals surface area contributed by atoms with E-state index in [2.05, 4.69) is 5.32 Å². The Morgan fingerprint density at radius 2 is 1.89 bits per heavy atom. The lowest BCUT2D eigenvalue weighted by Crippen LogP contribution is -2.34. The van der Waals surface area contributed by atoms with Crippen LogP contribution in [0.15, 0.2) is 12.1 Å². The van der Waals surface area contributed by atoms with Crippen LogP contribution in [0.2, 0.25) is 0 Å². The predicted molar refractivity (Wildman–Crippen MR) is 70.8 cm³/mol. The normalized spacial score (nSPS) is 12.1. The van der Waals surface area contributed by atoms with Crippen LogP contribution in [-0.2, 0) is 4.79 Å². The van der Waals surface area contributed by atoms with E-state index < -0.39 is 6.10 Å². The van der Waals surface area contributed by atoms with E-state index in [1.54, 1.807) is 6.92 Å². The highest BCUT2D eigenvalue weighted by atomic mass is 16.5. The number of carbonyl (C=O) groups excluding carboxylic acids is 1. The van der Waals surface area contributed by atoms with Gasteiger partial charge in [-0.25, -0.2) is 0 Å². The van der Waals surface area contributed by atoms with E-state index >= 15 is 0 Å². The first-order chi connectivity index (χ1) is 8.40. The van der Waals surface area contributed by atoms with Gasteiger partial charge in [-0.2, -0.15) is 0 Å². The Morgan fingerprint density at radius 3 is 2.39 bits per heavy atom. The molecule has 1 rings (SSSR count). The molecule has 0 heterocycles. The summed E-state index contributed by atoms with van der Waals surface area (Å²) in [5.74, 6) is 0.531. The molecular weight excluding hydrogens is 230 g/mol. The molecule has 1 aromatic carbocycles. The average Bonchev–Trinajstić information content (AvgIpc) is 2.24. The first kappa shape index (κ1) is 14.5. The Hall–Kier alpha value is -1.55. The Labute approximate surface area is 108 Å². The second-order valence-corrected chi connectivity index (χ2v) is 4.67. The molecule has 0 radical (unpaired) electrons. The minimum atomic E-state index is -0.545. The van der Waals surface area contributed by atoms with Crippen LogP contribution in [0.3, 0.4) is 0 Å². The minimum Gasteiger partial charge on any atom is -0.483 e. The van der Waals surface area contributed by atoms with E-state index in [0.29, 0.717) is 0 Å². The average molecular weight is 251 g/mol. The molecule has 0 saturated carbocycles. The van der Waals surface area contributed by atoms with Crippen LogP contribution < -0.4 is 10.1 Å². The van der Waals surface area contributed by atoms with Gasteiger partial charge in [-0.1, -0.05) is 17.7 Å². The molecule has 18 heavy (non-hydrogen) atoms. The first-order valence-corrected chi connectivity index (χ1v) is 6.05. The highest BCUT2D eigenvalue weighted by Gasteiger charge is 2.08. The Kier molecular flexibility index (Phi) is 5.16. The molecule has 0 aliphatic heterocycles. The van der Waals surface area contributed by atoms with E-state index in [-0.39, 0.29) is 19.1 Å². The quantitative estimate of drug-likeness (QED) is 0.833. The number of rotatable bonds is 5. The lowest BCUT2D eigenvalue weighted by molar-refractivity contribution is -0.123. The summed E-state index contributed by atoms with van der Waals surface area (Å²) in [5.41, 5.74) is 3.22. The van der Waals surface area contributed by atoms with Gasteiger partial charge < -0.3 is 15.2 Å². The molecule has 0 saturated heterocycles. The van der Waals surface area contributed by atoms with Gasteiger partial charge in [-0.3, -0.25) is 4.79 Å². The zero-order valence-corrected chi connectivity index (χ0v) is 11.4. The van der Waals surface area contributed by atoms with Crippen LogP contribution in [0.5, 0.6) is 5.75 Å². The molecule has 0 aliphatic rings. The molecule has 0 aromatic heterocycles. The topological polar surface area (TPSA) is 58.6 Å².